The number of allylic oxidation sites excluding steroid dienone is 7. The molecule has 0 spiro atoms. The molecule has 28 heavy (non-hydrogen) atoms. The zero-order valence-electron chi connectivity index (χ0n) is 17.0. The molecular weight excluding hydrogens is 352 g/mol. The van der Waals surface area contributed by atoms with Crippen molar-refractivity contribution in [3.05, 3.63) is 72.6 Å². The van der Waals surface area contributed by atoms with Gasteiger partial charge in [0, 0.05) is 38.3 Å². The second-order valence-corrected chi connectivity index (χ2v) is 6.34. The second kappa shape index (κ2) is 13.5. The average molecular weight is 385 g/mol. The highest BCUT2D eigenvalue weighted by Crippen LogP contribution is 2.07. The summed E-state index contributed by atoms with van der Waals surface area (Å²) in [5, 5.41) is 13.7. The average Bonchev–Trinajstić information content (AvgIpc) is 2.69. The quantitative estimate of drug-likeness (QED) is 0.263. The van der Waals surface area contributed by atoms with Gasteiger partial charge in [-0.25, -0.2) is 5.43 Å². The topological polar surface area (TPSA) is 68.2 Å². The molecule has 1 aliphatic rings. The first-order chi connectivity index (χ1) is 13.5. The van der Waals surface area contributed by atoms with E-state index in [4.69, 9.17) is 0 Å². The number of aliphatic hydroxyl groups is 1. The van der Waals surface area contributed by atoms with Gasteiger partial charge in [0.25, 0.3) is 5.91 Å². The van der Waals surface area contributed by atoms with Gasteiger partial charge < -0.3 is 5.11 Å². The fourth-order valence-electron chi connectivity index (χ4n) is 2.70. The molecule has 1 aliphatic heterocycles. The van der Waals surface area contributed by atoms with Crippen LogP contribution in [0.15, 0.2) is 77.7 Å². The minimum atomic E-state index is -0.171. The van der Waals surface area contributed by atoms with Crippen molar-refractivity contribution >= 4 is 12.1 Å². The molecular formula is C22H32N4O2. The third-order valence-electron chi connectivity index (χ3n) is 4.33. The fraction of sp³-hybridized carbons (Fsp3) is 0.364. The maximum atomic E-state index is 12.1. The third-order valence-corrected chi connectivity index (χ3v) is 4.33. The zero-order valence-corrected chi connectivity index (χ0v) is 17.0. The molecule has 0 aromatic carbocycles. The van der Waals surface area contributed by atoms with Crippen LogP contribution in [0, 0.1) is 0 Å². The first kappa shape index (κ1) is 23.3. The van der Waals surface area contributed by atoms with Gasteiger partial charge in [-0.15, -0.1) is 0 Å². The summed E-state index contributed by atoms with van der Waals surface area (Å²) in [5.41, 5.74) is 4.28. The number of nitrogens with zero attached hydrogens (tertiary/aromatic N) is 3. The molecule has 1 rings (SSSR count). The van der Waals surface area contributed by atoms with E-state index in [1.165, 1.54) is 23.9 Å². The maximum Gasteiger partial charge on any atom is 0.254 e. The normalized spacial score (nSPS) is 18.0. The number of carbonyl (C=O) groups is 1. The second-order valence-electron chi connectivity index (χ2n) is 6.34. The lowest BCUT2D eigenvalue weighted by Gasteiger charge is -2.34. The summed E-state index contributed by atoms with van der Waals surface area (Å²) in [4.78, 5) is 16.6. The van der Waals surface area contributed by atoms with Gasteiger partial charge in [-0.1, -0.05) is 49.6 Å². The van der Waals surface area contributed by atoms with Gasteiger partial charge in [-0.05, 0) is 25.5 Å². The Morgan fingerprint density at radius 1 is 1.07 bits per heavy atom. The lowest BCUT2D eigenvalue weighted by Crippen LogP contribution is -2.49. The number of amides is 1. The lowest BCUT2D eigenvalue weighted by atomic mass is 10.2. The number of carbonyl (C=O) groups excluding carboxylic acids is 1. The Morgan fingerprint density at radius 3 is 2.25 bits per heavy atom. The zero-order chi connectivity index (χ0) is 20.8. The van der Waals surface area contributed by atoms with Crippen LogP contribution in [0.1, 0.15) is 13.8 Å². The molecule has 6 heteroatoms. The molecule has 0 saturated carbocycles. The molecule has 1 amide bonds. The molecule has 6 nitrogen and oxygen atoms in total. The van der Waals surface area contributed by atoms with E-state index >= 15 is 0 Å². The van der Waals surface area contributed by atoms with Crippen molar-refractivity contribution in [3.8, 4) is 0 Å². The van der Waals surface area contributed by atoms with E-state index in [2.05, 4.69) is 45.6 Å². The van der Waals surface area contributed by atoms with Crippen molar-refractivity contribution in [2.45, 2.75) is 13.8 Å². The molecule has 0 radical (unpaired) electrons. The highest BCUT2D eigenvalue weighted by molar-refractivity contribution is 5.85. The summed E-state index contributed by atoms with van der Waals surface area (Å²) >= 11 is 0. The van der Waals surface area contributed by atoms with E-state index in [0.29, 0.717) is 12.1 Å². The summed E-state index contributed by atoms with van der Waals surface area (Å²) in [6, 6.07) is 0. The van der Waals surface area contributed by atoms with E-state index in [1.54, 1.807) is 19.1 Å². The Hall–Kier alpha value is -2.70. The molecule has 2 N–H and O–H groups in total. The molecule has 0 unspecified atom stereocenters. The van der Waals surface area contributed by atoms with Gasteiger partial charge in [0.1, 0.15) is 5.76 Å². The van der Waals surface area contributed by atoms with E-state index in [-0.39, 0.29) is 11.7 Å². The summed E-state index contributed by atoms with van der Waals surface area (Å²) in [6.45, 7) is 15.8. The summed E-state index contributed by atoms with van der Waals surface area (Å²) < 4.78 is 0. The molecule has 0 aliphatic carbocycles. The first-order valence-corrected chi connectivity index (χ1v) is 9.43. The molecule has 152 valence electrons. The number of nitrogens with one attached hydrogen (secondary N) is 1. The van der Waals surface area contributed by atoms with Crippen molar-refractivity contribution in [1.29, 1.82) is 0 Å². The van der Waals surface area contributed by atoms with Crippen molar-refractivity contribution in [3.63, 3.8) is 0 Å². The Morgan fingerprint density at radius 2 is 1.71 bits per heavy atom. The monoisotopic (exact) mass is 384 g/mol. The molecule has 1 saturated heterocycles. The highest BCUT2D eigenvalue weighted by Gasteiger charge is 2.18. The Kier molecular flexibility index (Phi) is 11.2. The van der Waals surface area contributed by atoms with Crippen LogP contribution in [0.25, 0.3) is 0 Å². The van der Waals surface area contributed by atoms with Crippen molar-refractivity contribution in [2.75, 3.05) is 39.3 Å². The fourth-order valence-corrected chi connectivity index (χ4v) is 2.70. The van der Waals surface area contributed by atoms with Gasteiger partial charge in [0.2, 0.25) is 0 Å². The number of hydrazone groups is 1. The summed E-state index contributed by atoms with van der Waals surface area (Å²) in [5.74, 6) is -0.120. The molecule has 0 aromatic heterocycles. The predicted octanol–water partition coefficient (Wildman–Crippen LogP) is 2.97. The molecule has 0 atom stereocenters. The molecule has 0 bridgehead atoms. The van der Waals surface area contributed by atoms with Gasteiger partial charge in [-0.3, -0.25) is 14.6 Å². The minimum absolute atomic E-state index is 0.0510. The van der Waals surface area contributed by atoms with Crippen LogP contribution in [0.2, 0.25) is 0 Å². The number of hydrogen-bond donors (Lipinski definition) is 2. The van der Waals surface area contributed by atoms with Crippen molar-refractivity contribution in [1.82, 2.24) is 15.2 Å². The van der Waals surface area contributed by atoms with Gasteiger partial charge in [0.15, 0.2) is 0 Å². The van der Waals surface area contributed by atoms with Crippen LogP contribution in [-0.4, -0.2) is 66.3 Å². The summed E-state index contributed by atoms with van der Waals surface area (Å²) in [6.07, 6.45) is 14.0. The molecule has 1 heterocycles. The smallest absolute Gasteiger partial charge is 0.254 e. The van der Waals surface area contributed by atoms with Crippen LogP contribution >= 0.6 is 0 Å². The first-order valence-electron chi connectivity index (χ1n) is 9.43. The number of piperazine rings is 1. The van der Waals surface area contributed by atoms with Gasteiger partial charge in [-0.2, -0.15) is 5.10 Å². The predicted molar refractivity (Wildman–Crippen MR) is 117 cm³/mol. The highest BCUT2D eigenvalue weighted by atomic mass is 16.3. The molecule has 0 aromatic rings. The van der Waals surface area contributed by atoms with Gasteiger partial charge in [0.05, 0.1) is 12.8 Å². The Labute approximate surface area is 168 Å². The van der Waals surface area contributed by atoms with E-state index in [1.807, 2.05) is 13.0 Å². The number of hydrogen-bond acceptors (Lipinski definition) is 5. The number of aliphatic hydroxyl groups excluding tert-OH is 1. The number of rotatable bonds is 10. The molecule has 1 fully saturated rings. The van der Waals surface area contributed by atoms with Crippen molar-refractivity contribution < 1.29 is 9.90 Å². The third kappa shape index (κ3) is 8.79. The van der Waals surface area contributed by atoms with E-state index < -0.39 is 0 Å². The standard InChI is InChI=1S/C22H32N4O2/c1-5-9-11-19(7-3)17-25-12-14-26(15-13-25)18-22(28)24-23-16-20(8-4)21(27)10-6-2/h5-11,16,27H,1-2,12-15,17-18H2,3-4H3,(H,24,28)/b11-9-,19-7+,20-8-,21-10+,23-16+. The Balaban J connectivity index is 2.40. The summed E-state index contributed by atoms with van der Waals surface area (Å²) in [7, 11) is 0. The van der Waals surface area contributed by atoms with Crippen LogP contribution in [0.5, 0.6) is 0 Å². The Bertz CT molecular complexity index is 679. The van der Waals surface area contributed by atoms with Crippen LogP contribution in [-0.2, 0) is 4.79 Å². The lowest BCUT2D eigenvalue weighted by molar-refractivity contribution is -0.122. The van der Waals surface area contributed by atoms with Crippen LogP contribution in [0.4, 0.5) is 0 Å². The van der Waals surface area contributed by atoms with Crippen LogP contribution < -0.4 is 5.43 Å². The van der Waals surface area contributed by atoms with Crippen LogP contribution in [0.3, 0.4) is 0 Å². The maximum absolute atomic E-state index is 12.1. The van der Waals surface area contributed by atoms with E-state index in [9.17, 15) is 9.90 Å². The van der Waals surface area contributed by atoms with Crippen molar-refractivity contribution in [2.24, 2.45) is 5.10 Å². The SMILES string of the molecule is C=C/C=C\C(=C/C)CN1CCN(CC(=O)N/N=C/C(=C/C)C(/O)=C\C=C)CC1. The minimum Gasteiger partial charge on any atom is -0.507 e. The van der Waals surface area contributed by atoms with E-state index in [0.717, 1.165) is 32.7 Å². The largest absolute Gasteiger partial charge is 0.507 e. The van der Waals surface area contributed by atoms with Gasteiger partial charge >= 0.3 is 0 Å².